The van der Waals surface area contributed by atoms with Crippen LogP contribution in [0, 0.1) is 5.92 Å². The van der Waals surface area contributed by atoms with E-state index in [0.29, 0.717) is 17.3 Å². The third kappa shape index (κ3) is 3.87. The highest BCUT2D eigenvalue weighted by atomic mass is 32.2. The van der Waals surface area contributed by atoms with Crippen LogP contribution in [0.3, 0.4) is 0 Å². The van der Waals surface area contributed by atoms with Gasteiger partial charge >= 0.3 is 0 Å². The van der Waals surface area contributed by atoms with Crippen LogP contribution in [0.15, 0.2) is 23.1 Å². The van der Waals surface area contributed by atoms with Crippen LogP contribution in [-0.2, 0) is 14.8 Å². The summed E-state index contributed by atoms with van der Waals surface area (Å²) < 4.78 is 30.8. The Bertz CT molecular complexity index is 581. The van der Waals surface area contributed by atoms with Crippen LogP contribution in [0.2, 0.25) is 0 Å². The fourth-order valence-electron chi connectivity index (χ4n) is 2.26. The molecular weight excluding hydrogens is 290 g/mol. The molecule has 118 valence electrons. The Kier molecular flexibility index (Phi) is 5.08. The summed E-state index contributed by atoms with van der Waals surface area (Å²) in [5, 5.41) is 3.27. The van der Waals surface area contributed by atoms with Gasteiger partial charge in [-0.25, -0.2) is 12.7 Å². The second-order valence-corrected chi connectivity index (χ2v) is 7.62. The molecule has 2 rings (SSSR count). The van der Waals surface area contributed by atoms with E-state index in [1.165, 1.54) is 24.5 Å². The predicted molar refractivity (Wildman–Crippen MR) is 83.8 cm³/mol. The summed E-state index contributed by atoms with van der Waals surface area (Å²) in [5.74, 6) is 0.535. The van der Waals surface area contributed by atoms with Crippen LogP contribution in [0.25, 0.3) is 0 Å². The molecule has 1 saturated heterocycles. The molecular formula is C14H23N3O3S. The molecule has 1 fully saturated rings. The summed E-state index contributed by atoms with van der Waals surface area (Å²) in [6.07, 6.45) is 2.03. The molecule has 21 heavy (non-hydrogen) atoms. The number of hydrogen-bond acceptors (Lipinski definition) is 5. The minimum Gasteiger partial charge on any atom is -0.397 e. The normalized spacial score (nSPS) is 17.1. The molecule has 0 bridgehead atoms. The Balaban J connectivity index is 2.12. The first kappa shape index (κ1) is 16.1. The van der Waals surface area contributed by atoms with Crippen molar-refractivity contribution in [3.63, 3.8) is 0 Å². The third-order valence-electron chi connectivity index (χ3n) is 3.73. The molecule has 0 amide bonds. The smallest absolute Gasteiger partial charge is 0.242 e. The minimum absolute atomic E-state index is 0.246. The van der Waals surface area contributed by atoms with E-state index in [1.54, 1.807) is 12.1 Å². The zero-order valence-electron chi connectivity index (χ0n) is 12.5. The lowest BCUT2D eigenvalue weighted by molar-refractivity contribution is 0.0699. The van der Waals surface area contributed by atoms with Crippen LogP contribution >= 0.6 is 0 Å². The zero-order chi connectivity index (χ0) is 15.5. The third-order valence-corrected chi connectivity index (χ3v) is 5.54. The standard InChI is InChI=1S/C14H23N3O3S/c1-17(2)21(18,19)12-3-4-13(15)14(9-12)16-10-11-5-7-20-8-6-11/h3-4,9,11,16H,5-8,10,15H2,1-2H3. The van der Waals surface area contributed by atoms with Crippen molar-refractivity contribution in [2.45, 2.75) is 17.7 Å². The topological polar surface area (TPSA) is 84.7 Å². The van der Waals surface area contributed by atoms with E-state index in [0.717, 1.165) is 32.6 Å². The van der Waals surface area contributed by atoms with Gasteiger partial charge in [0.05, 0.1) is 16.3 Å². The number of sulfonamides is 1. The molecule has 1 aromatic rings. The van der Waals surface area contributed by atoms with Crippen molar-refractivity contribution in [1.82, 2.24) is 4.31 Å². The maximum atomic E-state index is 12.1. The van der Waals surface area contributed by atoms with Gasteiger partial charge in [-0.15, -0.1) is 0 Å². The summed E-state index contributed by atoms with van der Waals surface area (Å²) in [6, 6.07) is 4.76. The first-order valence-corrected chi connectivity index (χ1v) is 8.49. The van der Waals surface area contributed by atoms with Gasteiger partial charge in [0.1, 0.15) is 0 Å². The van der Waals surface area contributed by atoms with Crippen molar-refractivity contribution in [1.29, 1.82) is 0 Å². The highest BCUT2D eigenvalue weighted by molar-refractivity contribution is 7.89. The zero-order valence-corrected chi connectivity index (χ0v) is 13.3. The van der Waals surface area contributed by atoms with Gasteiger partial charge in [0.25, 0.3) is 0 Å². The summed E-state index contributed by atoms with van der Waals surface area (Å²) >= 11 is 0. The number of nitrogens with zero attached hydrogens (tertiary/aromatic N) is 1. The number of benzene rings is 1. The van der Waals surface area contributed by atoms with Crippen molar-refractivity contribution in [3.8, 4) is 0 Å². The van der Waals surface area contributed by atoms with E-state index in [2.05, 4.69) is 5.32 Å². The molecule has 0 saturated carbocycles. The number of hydrogen-bond donors (Lipinski definition) is 2. The predicted octanol–water partition coefficient (Wildman–Crippen LogP) is 1.36. The van der Waals surface area contributed by atoms with Crippen molar-refractivity contribution in [2.75, 3.05) is 44.9 Å². The fourth-order valence-corrected chi connectivity index (χ4v) is 3.19. The van der Waals surface area contributed by atoms with E-state index in [4.69, 9.17) is 10.5 Å². The molecule has 0 aliphatic carbocycles. The fraction of sp³-hybridized carbons (Fsp3) is 0.571. The molecule has 0 unspecified atom stereocenters. The monoisotopic (exact) mass is 313 g/mol. The van der Waals surface area contributed by atoms with Gasteiger partial charge in [0, 0.05) is 33.9 Å². The second kappa shape index (κ2) is 6.64. The summed E-state index contributed by atoms with van der Waals surface area (Å²) in [4.78, 5) is 0.246. The van der Waals surface area contributed by atoms with E-state index < -0.39 is 10.0 Å². The average molecular weight is 313 g/mol. The van der Waals surface area contributed by atoms with Gasteiger partial charge in [-0.05, 0) is 37.0 Å². The SMILES string of the molecule is CN(C)S(=O)(=O)c1ccc(N)c(NCC2CCOCC2)c1. The Morgan fingerprint density at radius 1 is 1.33 bits per heavy atom. The maximum Gasteiger partial charge on any atom is 0.242 e. The number of ether oxygens (including phenoxy) is 1. The van der Waals surface area contributed by atoms with Crippen molar-refractivity contribution in [2.24, 2.45) is 5.92 Å². The molecule has 7 heteroatoms. The quantitative estimate of drug-likeness (QED) is 0.802. The first-order valence-electron chi connectivity index (χ1n) is 7.05. The van der Waals surface area contributed by atoms with E-state index in [9.17, 15) is 8.42 Å². The van der Waals surface area contributed by atoms with Crippen molar-refractivity contribution < 1.29 is 13.2 Å². The summed E-state index contributed by atoms with van der Waals surface area (Å²) in [6.45, 7) is 2.35. The van der Waals surface area contributed by atoms with E-state index in [-0.39, 0.29) is 4.90 Å². The summed E-state index contributed by atoms with van der Waals surface area (Å²) in [5.41, 5.74) is 7.15. The van der Waals surface area contributed by atoms with Crippen LogP contribution in [0.5, 0.6) is 0 Å². The Hall–Kier alpha value is -1.31. The Labute approximate surface area is 126 Å². The molecule has 0 atom stereocenters. The number of rotatable bonds is 5. The lowest BCUT2D eigenvalue weighted by atomic mass is 10.0. The Morgan fingerprint density at radius 3 is 2.62 bits per heavy atom. The average Bonchev–Trinajstić information content (AvgIpc) is 2.47. The molecule has 1 heterocycles. The number of nitrogens with two attached hydrogens (primary N) is 1. The molecule has 1 aromatic carbocycles. The largest absolute Gasteiger partial charge is 0.397 e. The molecule has 1 aliphatic rings. The Morgan fingerprint density at radius 2 is 2.00 bits per heavy atom. The number of anilines is 2. The second-order valence-electron chi connectivity index (χ2n) is 5.47. The molecule has 3 N–H and O–H groups in total. The van der Waals surface area contributed by atoms with Gasteiger partial charge in [0.15, 0.2) is 0 Å². The van der Waals surface area contributed by atoms with Crippen LogP contribution < -0.4 is 11.1 Å². The lowest BCUT2D eigenvalue weighted by Gasteiger charge is -2.23. The van der Waals surface area contributed by atoms with Gasteiger partial charge in [-0.1, -0.05) is 0 Å². The van der Waals surface area contributed by atoms with Crippen LogP contribution in [-0.4, -0.2) is 46.6 Å². The first-order chi connectivity index (χ1) is 9.91. The van der Waals surface area contributed by atoms with Gasteiger partial charge in [-0.3, -0.25) is 0 Å². The highest BCUT2D eigenvalue weighted by Gasteiger charge is 2.19. The van der Waals surface area contributed by atoms with E-state index >= 15 is 0 Å². The number of nitrogens with one attached hydrogen (secondary N) is 1. The van der Waals surface area contributed by atoms with Gasteiger partial charge < -0.3 is 15.8 Å². The molecule has 0 aromatic heterocycles. The van der Waals surface area contributed by atoms with E-state index in [1.807, 2.05) is 0 Å². The summed E-state index contributed by atoms with van der Waals surface area (Å²) in [7, 11) is -0.412. The molecule has 0 radical (unpaired) electrons. The van der Waals surface area contributed by atoms with Crippen LogP contribution in [0.4, 0.5) is 11.4 Å². The van der Waals surface area contributed by atoms with Gasteiger partial charge in [-0.2, -0.15) is 0 Å². The van der Waals surface area contributed by atoms with Crippen molar-refractivity contribution >= 4 is 21.4 Å². The molecule has 0 spiro atoms. The van der Waals surface area contributed by atoms with Crippen molar-refractivity contribution in [3.05, 3.63) is 18.2 Å². The van der Waals surface area contributed by atoms with Crippen LogP contribution in [0.1, 0.15) is 12.8 Å². The number of nitrogen functional groups attached to an aromatic ring is 1. The lowest BCUT2D eigenvalue weighted by Crippen LogP contribution is -2.24. The minimum atomic E-state index is -3.44. The molecule has 1 aliphatic heterocycles. The van der Waals surface area contributed by atoms with Gasteiger partial charge in [0.2, 0.25) is 10.0 Å². The molecule has 6 nitrogen and oxygen atoms in total. The highest BCUT2D eigenvalue weighted by Crippen LogP contribution is 2.25. The maximum absolute atomic E-state index is 12.1.